The molecule has 1 atom stereocenters. The minimum Gasteiger partial charge on any atom is -0.349 e. The molecule has 0 aliphatic heterocycles. The number of nitrogens with one attached hydrogen (secondary N) is 1. The third-order valence-electron chi connectivity index (χ3n) is 2.88. The van der Waals surface area contributed by atoms with Crippen molar-refractivity contribution < 1.29 is 4.79 Å². The lowest BCUT2D eigenvalue weighted by atomic mass is 10.1. The van der Waals surface area contributed by atoms with Gasteiger partial charge < -0.3 is 10.2 Å². The summed E-state index contributed by atoms with van der Waals surface area (Å²) in [5.41, 5.74) is 1.23. The van der Waals surface area contributed by atoms with E-state index in [4.69, 9.17) is 0 Å². The molecule has 0 fully saturated rings. The number of rotatable bonds is 5. The van der Waals surface area contributed by atoms with Gasteiger partial charge in [-0.1, -0.05) is 0 Å². The van der Waals surface area contributed by atoms with Gasteiger partial charge in [-0.25, -0.2) is 0 Å². The Kier molecular flexibility index (Phi) is 5.80. The first-order valence-electron chi connectivity index (χ1n) is 5.90. The van der Waals surface area contributed by atoms with E-state index in [9.17, 15) is 4.79 Å². The average Bonchev–Trinajstić information content (AvgIpc) is 3.00. The highest BCUT2D eigenvalue weighted by atomic mass is 79.9. The molecule has 2 heterocycles. The van der Waals surface area contributed by atoms with Crippen molar-refractivity contribution in [1.82, 2.24) is 10.2 Å². The molecule has 3 nitrogen and oxygen atoms in total. The summed E-state index contributed by atoms with van der Waals surface area (Å²) in [5, 5.41) is 7.18. The minimum absolute atomic E-state index is 0.0384. The van der Waals surface area contributed by atoms with Gasteiger partial charge in [0.15, 0.2) is 0 Å². The van der Waals surface area contributed by atoms with Gasteiger partial charge in [-0.3, -0.25) is 4.79 Å². The quantitative estimate of drug-likeness (QED) is 0.753. The molecule has 0 radical (unpaired) electrons. The number of carbonyl (C=O) groups excluding carboxylic acids is 1. The Bertz CT molecular complexity index is 562. The predicted octanol–water partition coefficient (Wildman–Crippen LogP) is 4.37. The maximum absolute atomic E-state index is 12.1. The monoisotopic (exact) mass is 436 g/mol. The number of hydrogen-bond acceptors (Lipinski definition) is 4. The zero-order valence-corrected chi connectivity index (χ0v) is 15.8. The molecular formula is C13H14Br2N2OS2. The van der Waals surface area contributed by atoms with Crippen LogP contribution in [-0.2, 0) is 0 Å². The van der Waals surface area contributed by atoms with Crippen molar-refractivity contribution >= 4 is 60.4 Å². The Morgan fingerprint density at radius 3 is 2.70 bits per heavy atom. The second-order valence-corrected chi connectivity index (χ2v) is 8.48. The Hall–Kier alpha value is -0.210. The SMILES string of the molecule is CN(C)[C@@H](CNC(=O)c1cc(Br)c(Br)s1)c1ccsc1. The van der Waals surface area contributed by atoms with Crippen LogP contribution in [0.25, 0.3) is 0 Å². The largest absolute Gasteiger partial charge is 0.349 e. The lowest BCUT2D eigenvalue weighted by Gasteiger charge is -2.23. The van der Waals surface area contributed by atoms with Crippen LogP contribution < -0.4 is 5.32 Å². The first kappa shape index (κ1) is 16.2. The molecule has 7 heteroatoms. The van der Waals surface area contributed by atoms with Gasteiger partial charge in [-0.2, -0.15) is 11.3 Å². The summed E-state index contributed by atoms with van der Waals surface area (Å²) in [5.74, 6) is -0.0384. The molecule has 1 N–H and O–H groups in total. The molecule has 0 saturated carbocycles. The zero-order valence-electron chi connectivity index (χ0n) is 11.0. The lowest BCUT2D eigenvalue weighted by Crippen LogP contribution is -2.34. The Balaban J connectivity index is 2.01. The van der Waals surface area contributed by atoms with Crippen molar-refractivity contribution in [3.63, 3.8) is 0 Å². The number of thiophene rings is 2. The summed E-state index contributed by atoms with van der Waals surface area (Å²) in [6.45, 7) is 0.593. The highest BCUT2D eigenvalue weighted by Crippen LogP contribution is 2.32. The maximum atomic E-state index is 12.1. The second-order valence-electron chi connectivity index (χ2n) is 4.48. The Morgan fingerprint density at radius 1 is 1.45 bits per heavy atom. The molecule has 2 aromatic rings. The molecule has 0 aliphatic rings. The van der Waals surface area contributed by atoms with Crippen LogP contribution in [0, 0.1) is 0 Å². The number of nitrogens with zero attached hydrogens (tertiary/aromatic N) is 1. The summed E-state index contributed by atoms with van der Waals surface area (Å²) >= 11 is 9.90. The third-order valence-corrected chi connectivity index (χ3v) is 6.83. The lowest BCUT2D eigenvalue weighted by molar-refractivity contribution is 0.0946. The molecule has 0 aliphatic carbocycles. The van der Waals surface area contributed by atoms with Crippen LogP contribution in [0.2, 0.25) is 0 Å². The van der Waals surface area contributed by atoms with E-state index in [-0.39, 0.29) is 11.9 Å². The maximum Gasteiger partial charge on any atom is 0.261 e. The van der Waals surface area contributed by atoms with Crippen molar-refractivity contribution in [3.8, 4) is 0 Å². The van der Waals surface area contributed by atoms with Crippen molar-refractivity contribution in [3.05, 3.63) is 41.6 Å². The normalized spacial score (nSPS) is 12.7. The summed E-state index contributed by atoms with van der Waals surface area (Å²) < 4.78 is 1.85. The number of amides is 1. The summed E-state index contributed by atoms with van der Waals surface area (Å²) in [6.07, 6.45) is 0. The van der Waals surface area contributed by atoms with Gasteiger partial charge in [0, 0.05) is 11.0 Å². The molecule has 0 unspecified atom stereocenters. The van der Waals surface area contributed by atoms with Gasteiger partial charge >= 0.3 is 0 Å². The van der Waals surface area contributed by atoms with E-state index in [1.807, 2.05) is 20.2 Å². The molecule has 0 bridgehead atoms. The zero-order chi connectivity index (χ0) is 14.7. The standard InChI is InChI=1S/C13H14Br2N2OS2/c1-17(2)10(8-3-4-19-7-8)6-16-13(18)11-5-9(14)12(15)20-11/h3-5,7,10H,6H2,1-2H3,(H,16,18)/t10-/m0/s1. The predicted molar refractivity (Wildman–Crippen MR) is 92.8 cm³/mol. The van der Waals surface area contributed by atoms with Crippen molar-refractivity contribution in [2.45, 2.75) is 6.04 Å². The summed E-state index contributed by atoms with van der Waals surface area (Å²) in [6, 6.07) is 4.12. The van der Waals surface area contributed by atoms with Crippen LogP contribution in [0.1, 0.15) is 21.3 Å². The molecule has 108 valence electrons. The molecule has 1 amide bonds. The highest BCUT2D eigenvalue weighted by molar-refractivity contribution is 9.13. The van der Waals surface area contributed by atoms with Gasteiger partial charge in [-0.15, -0.1) is 11.3 Å². The van der Waals surface area contributed by atoms with Crippen molar-refractivity contribution in [2.75, 3.05) is 20.6 Å². The molecule has 0 saturated heterocycles. The van der Waals surface area contributed by atoms with Crippen LogP contribution >= 0.6 is 54.5 Å². The van der Waals surface area contributed by atoms with Gasteiger partial charge in [0.25, 0.3) is 5.91 Å². The van der Waals surface area contributed by atoms with Crippen molar-refractivity contribution in [1.29, 1.82) is 0 Å². The summed E-state index contributed by atoms with van der Waals surface area (Å²) in [4.78, 5) is 15.0. The smallest absolute Gasteiger partial charge is 0.261 e. The Labute approximate surface area is 143 Å². The number of likely N-dealkylation sites (N-methyl/N-ethyl adjacent to an activating group) is 1. The molecule has 2 rings (SSSR count). The van der Waals surface area contributed by atoms with E-state index < -0.39 is 0 Å². The van der Waals surface area contributed by atoms with Crippen molar-refractivity contribution in [2.24, 2.45) is 0 Å². The topological polar surface area (TPSA) is 32.3 Å². The molecular weight excluding hydrogens is 424 g/mol. The van der Waals surface area contributed by atoms with Gasteiger partial charge in [0.2, 0.25) is 0 Å². The third kappa shape index (κ3) is 3.92. The van der Waals surface area contributed by atoms with E-state index in [2.05, 4.69) is 58.9 Å². The molecule has 20 heavy (non-hydrogen) atoms. The van der Waals surface area contributed by atoms with Crippen LogP contribution in [0.15, 0.2) is 31.2 Å². The number of hydrogen-bond donors (Lipinski definition) is 1. The van der Waals surface area contributed by atoms with Crippen LogP contribution in [0.5, 0.6) is 0 Å². The Morgan fingerprint density at radius 2 is 2.20 bits per heavy atom. The molecule has 0 spiro atoms. The first-order valence-corrected chi connectivity index (χ1v) is 9.25. The molecule has 0 aromatic carbocycles. The van der Waals surface area contributed by atoms with Gasteiger partial charge in [0.1, 0.15) is 0 Å². The van der Waals surface area contributed by atoms with E-state index in [1.54, 1.807) is 11.3 Å². The van der Waals surface area contributed by atoms with E-state index in [1.165, 1.54) is 16.9 Å². The fourth-order valence-corrected chi connectivity index (χ4v) is 4.46. The number of carbonyl (C=O) groups is 1. The van der Waals surface area contributed by atoms with Gasteiger partial charge in [-0.05, 0) is 74.4 Å². The van der Waals surface area contributed by atoms with E-state index >= 15 is 0 Å². The first-order chi connectivity index (χ1) is 9.49. The fraction of sp³-hybridized carbons (Fsp3) is 0.308. The van der Waals surface area contributed by atoms with Gasteiger partial charge in [0.05, 0.1) is 14.7 Å². The second kappa shape index (κ2) is 7.17. The minimum atomic E-state index is -0.0384. The van der Waals surface area contributed by atoms with Crippen LogP contribution in [0.4, 0.5) is 0 Å². The average molecular weight is 438 g/mol. The number of halogens is 2. The van der Waals surface area contributed by atoms with Crippen LogP contribution in [0.3, 0.4) is 0 Å². The summed E-state index contributed by atoms with van der Waals surface area (Å²) in [7, 11) is 4.04. The fourth-order valence-electron chi connectivity index (χ4n) is 1.80. The molecule has 2 aromatic heterocycles. The van der Waals surface area contributed by atoms with Crippen LogP contribution in [-0.4, -0.2) is 31.4 Å². The van der Waals surface area contributed by atoms with E-state index in [0.717, 1.165) is 8.26 Å². The van der Waals surface area contributed by atoms with E-state index in [0.29, 0.717) is 11.4 Å². The highest BCUT2D eigenvalue weighted by Gasteiger charge is 2.17.